The Morgan fingerprint density at radius 3 is 1.44 bits per heavy atom. The molecule has 9 heavy (non-hydrogen) atoms. The van der Waals surface area contributed by atoms with Gasteiger partial charge in [0.25, 0.3) is 0 Å². The Hall–Kier alpha value is -0.0800. The Bertz CT molecular complexity index is 41.4. The fourth-order valence-electron chi connectivity index (χ4n) is 0. The van der Waals surface area contributed by atoms with E-state index < -0.39 is 0 Å². The van der Waals surface area contributed by atoms with Crippen molar-refractivity contribution in [1.82, 2.24) is 4.90 Å². The zero-order valence-corrected chi connectivity index (χ0v) is 7.18. The van der Waals surface area contributed by atoms with Gasteiger partial charge in [-0.3, -0.25) is 0 Å². The van der Waals surface area contributed by atoms with E-state index in [4.69, 9.17) is 5.11 Å². The maximum absolute atomic E-state index is 8.06. The molecule has 0 saturated carbocycles. The molecular formula is C7H19NO. The van der Waals surface area contributed by atoms with Gasteiger partial charge in [-0.15, -0.1) is 0 Å². The lowest BCUT2D eigenvalue weighted by Crippen LogP contribution is -2.08. The van der Waals surface area contributed by atoms with E-state index in [1.54, 1.807) is 13.8 Å². The zero-order valence-electron chi connectivity index (χ0n) is 7.18. The highest BCUT2D eigenvalue weighted by Gasteiger charge is 1.72. The summed E-state index contributed by atoms with van der Waals surface area (Å²) in [6.45, 7) is 6.71. The SMILES string of the molecule is CC(C)O.CCN(C)C. The maximum Gasteiger partial charge on any atom is 0.0483 e. The Balaban J connectivity index is 0. The molecule has 0 radical (unpaired) electrons. The highest BCUT2D eigenvalue weighted by Crippen LogP contribution is 1.65. The van der Waals surface area contributed by atoms with Crippen molar-refractivity contribution in [3.05, 3.63) is 0 Å². The molecule has 0 aromatic rings. The van der Waals surface area contributed by atoms with Gasteiger partial charge in [0.1, 0.15) is 0 Å². The van der Waals surface area contributed by atoms with E-state index in [1.807, 2.05) is 0 Å². The van der Waals surface area contributed by atoms with Crippen LogP contribution < -0.4 is 0 Å². The van der Waals surface area contributed by atoms with Crippen LogP contribution in [0.4, 0.5) is 0 Å². The normalized spacial score (nSPS) is 9.33. The van der Waals surface area contributed by atoms with Crippen LogP contribution in [0.2, 0.25) is 0 Å². The van der Waals surface area contributed by atoms with Gasteiger partial charge in [0, 0.05) is 6.10 Å². The molecule has 1 N–H and O–H groups in total. The molecule has 2 nitrogen and oxygen atoms in total. The van der Waals surface area contributed by atoms with Crippen LogP contribution >= 0.6 is 0 Å². The summed E-state index contributed by atoms with van der Waals surface area (Å²) in [5, 5.41) is 8.06. The van der Waals surface area contributed by atoms with Crippen LogP contribution in [0.5, 0.6) is 0 Å². The predicted octanol–water partition coefficient (Wildman–Crippen LogP) is 0.955. The van der Waals surface area contributed by atoms with Crippen molar-refractivity contribution in [3.63, 3.8) is 0 Å². The minimum absolute atomic E-state index is 0.167. The fourth-order valence-corrected chi connectivity index (χ4v) is 0. The minimum atomic E-state index is -0.167. The summed E-state index contributed by atoms with van der Waals surface area (Å²) in [6, 6.07) is 0. The van der Waals surface area contributed by atoms with Crippen LogP contribution in [0.1, 0.15) is 20.8 Å². The van der Waals surface area contributed by atoms with Crippen molar-refractivity contribution >= 4 is 0 Å². The van der Waals surface area contributed by atoms with E-state index in [-0.39, 0.29) is 6.10 Å². The van der Waals surface area contributed by atoms with E-state index in [1.165, 1.54) is 0 Å². The van der Waals surface area contributed by atoms with E-state index in [9.17, 15) is 0 Å². The lowest BCUT2D eigenvalue weighted by molar-refractivity contribution is 0.216. The number of aliphatic hydroxyl groups is 1. The molecule has 0 aromatic heterocycles. The third-order valence-electron chi connectivity index (χ3n) is 0.632. The summed E-state index contributed by atoms with van der Waals surface area (Å²) in [5.74, 6) is 0. The van der Waals surface area contributed by atoms with Gasteiger partial charge < -0.3 is 10.0 Å². The van der Waals surface area contributed by atoms with Crippen molar-refractivity contribution in [2.45, 2.75) is 26.9 Å². The van der Waals surface area contributed by atoms with Gasteiger partial charge >= 0.3 is 0 Å². The van der Waals surface area contributed by atoms with Crippen molar-refractivity contribution in [2.24, 2.45) is 0 Å². The number of aliphatic hydroxyl groups excluding tert-OH is 1. The minimum Gasteiger partial charge on any atom is -0.394 e. The van der Waals surface area contributed by atoms with Crippen molar-refractivity contribution < 1.29 is 5.11 Å². The number of hydrogen-bond donors (Lipinski definition) is 1. The summed E-state index contributed by atoms with van der Waals surface area (Å²) < 4.78 is 0. The molecule has 2 heteroatoms. The van der Waals surface area contributed by atoms with Gasteiger partial charge in [-0.25, -0.2) is 0 Å². The second-order valence-electron chi connectivity index (χ2n) is 2.49. The standard InChI is InChI=1S/C4H11N.C3H8O/c1-4-5(2)3;1-3(2)4/h4H2,1-3H3;3-4H,1-2H3. The van der Waals surface area contributed by atoms with E-state index in [0.717, 1.165) is 6.54 Å². The summed E-state index contributed by atoms with van der Waals surface area (Å²) in [5.41, 5.74) is 0. The zero-order chi connectivity index (χ0) is 7.86. The molecule has 0 spiro atoms. The van der Waals surface area contributed by atoms with Gasteiger partial charge in [-0.05, 0) is 34.5 Å². The van der Waals surface area contributed by atoms with Crippen molar-refractivity contribution in [3.8, 4) is 0 Å². The Morgan fingerprint density at radius 1 is 1.33 bits per heavy atom. The van der Waals surface area contributed by atoms with E-state index >= 15 is 0 Å². The van der Waals surface area contributed by atoms with Crippen molar-refractivity contribution in [2.75, 3.05) is 20.6 Å². The highest BCUT2D eigenvalue weighted by atomic mass is 16.3. The van der Waals surface area contributed by atoms with Gasteiger partial charge in [0.15, 0.2) is 0 Å². The molecule has 0 saturated heterocycles. The predicted molar refractivity (Wildman–Crippen MR) is 41.6 cm³/mol. The molecule has 58 valence electrons. The average molecular weight is 133 g/mol. The quantitative estimate of drug-likeness (QED) is 0.576. The molecule has 0 heterocycles. The summed E-state index contributed by atoms with van der Waals surface area (Å²) in [7, 11) is 4.11. The lowest BCUT2D eigenvalue weighted by Gasteiger charge is -2.00. The van der Waals surface area contributed by atoms with Gasteiger partial charge in [0.05, 0.1) is 0 Å². The Labute approximate surface area is 58.5 Å². The number of rotatable bonds is 1. The first-order valence-corrected chi connectivity index (χ1v) is 3.33. The van der Waals surface area contributed by atoms with Crippen molar-refractivity contribution in [1.29, 1.82) is 0 Å². The first kappa shape index (κ1) is 11.7. The fraction of sp³-hybridized carbons (Fsp3) is 1.00. The largest absolute Gasteiger partial charge is 0.394 e. The van der Waals surface area contributed by atoms with Crippen LogP contribution in [-0.2, 0) is 0 Å². The van der Waals surface area contributed by atoms with Crippen LogP contribution in [-0.4, -0.2) is 36.8 Å². The Morgan fingerprint density at radius 2 is 1.44 bits per heavy atom. The second kappa shape index (κ2) is 7.92. The first-order valence-electron chi connectivity index (χ1n) is 3.33. The van der Waals surface area contributed by atoms with Crippen LogP contribution in [0.25, 0.3) is 0 Å². The molecular weight excluding hydrogens is 114 g/mol. The van der Waals surface area contributed by atoms with Crippen LogP contribution in [0, 0.1) is 0 Å². The molecule has 0 aliphatic rings. The molecule has 0 aliphatic carbocycles. The molecule has 0 amide bonds. The van der Waals surface area contributed by atoms with Gasteiger partial charge in [-0.2, -0.15) is 0 Å². The molecule has 0 rings (SSSR count). The highest BCUT2D eigenvalue weighted by molar-refractivity contribution is 4.25. The monoisotopic (exact) mass is 133 g/mol. The summed E-state index contributed by atoms with van der Waals surface area (Å²) in [4.78, 5) is 2.12. The molecule has 0 aromatic carbocycles. The molecule has 0 fully saturated rings. The topological polar surface area (TPSA) is 23.5 Å². The summed E-state index contributed by atoms with van der Waals surface area (Å²) in [6.07, 6.45) is -0.167. The second-order valence-corrected chi connectivity index (χ2v) is 2.49. The lowest BCUT2D eigenvalue weighted by atomic mass is 10.5. The molecule has 0 aliphatic heterocycles. The van der Waals surface area contributed by atoms with Gasteiger partial charge in [0.2, 0.25) is 0 Å². The van der Waals surface area contributed by atoms with Crippen LogP contribution in [0.3, 0.4) is 0 Å². The third kappa shape index (κ3) is 75.3. The maximum atomic E-state index is 8.06. The summed E-state index contributed by atoms with van der Waals surface area (Å²) >= 11 is 0. The first-order chi connectivity index (χ1) is 4.00. The number of hydrogen-bond acceptors (Lipinski definition) is 2. The van der Waals surface area contributed by atoms with Crippen LogP contribution in [0.15, 0.2) is 0 Å². The van der Waals surface area contributed by atoms with E-state index in [0.29, 0.717) is 0 Å². The molecule has 0 unspecified atom stereocenters. The van der Waals surface area contributed by atoms with E-state index in [2.05, 4.69) is 25.9 Å². The Kier molecular flexibility index (Phi) is 10.3. The molecule has 0 atom stereocenters. The molecule has 0 bridgehead atoms. The smallest absolute Gasteiger partial charge is 0.0483 e. The average Bonchev–Trinajstić information content (AvgIpc) is 1.65. The van der Waals surface area contributed by atoms with Gasteiger partial charge in [-0.1, -0.05) is 6.92 Å². The third-order valence-corrected chi connectivity index (χ3v) is 0.632. The number of nitrogens with zero attached hydrogens (tertiary/aromatic N) is 1.